The van der Waals surface area contributed by atoms with Crippen molar-refractivity contribution in [1.82, 2.24) is 0 Å². The Hall–Kier alpha value is -1.03. The summed E-state index contributed by atoms with van der Waals surface area (Å²) in [7, 11) is -1.20. The van der Waals surface area contributed by atoms with Crippen molar-refractivity contribution in [2.24, 2.45) is 0 Å². The molecule has 16 heavy (non-hydrogen) atoms. The zero-order chi connectivity index (χ0) is 12.3. The van der Waals surface area contributed by atoms with Gasteiger partial charge in [-0.3, -0.25) is 9.00 Å². The second kappa shape index (κ2) is 5.34. The molecule has 0 saturated heterocycles. The number of hydrogen-bond donors (Lipinski definition) is 0. The van der Waals surface area contributed by atoms with Crippen molar-refractivity contribution in [3.8, 4) is 0 Å². The number of ketones is 1. The summed E-state index contributed by atoms with van der Waals surface area (Å²) in [5.41, 5.74) is 0.405. The van der Waals surface area contributed by atoms with E-state index in [0.29, 0.717) is 5.56 Å². The average Bonchev–Trinajstić information content (AvgIpc) is 2.27. The molecule has 0 aromatic heterocycles. The molecule has 0 spiro atoms. The first kappa shape index (κ1) is 13.0. The number of Topliss-reactive ketones (excluding diaryl/α,β-unsaturated/α-hetero) is 1. The highest BCUT2D eigenvalue weighted by Gasteiger charge is 2.23. The van der Waals surface area contributed by atoms with Gasteiger partial charge in [0.1, 0.15) is 5.82 Å². The molecular formula is C12H15FO2S. The summed E-state index contributed by atoms with van der Waals surface area (Å²) in [5.74, 6) is -0.582. The maximum atomic E-state index is 12.7. The van der Waals surface area contributed by atoms with E-state index in [2.05, 4.69) is 0 Å². The monoisotopic (exact) mass is 242 g/mol. The fraction of sp³-hybridized carbons (Fsp3) is 0.417. The normalized spacial score (nSPS) is 14.8. The van der Waals surface area contributed by atoms with Gasteiger partial charge in [0, 0.05) is 21.6 Å². The quantitative estimate of drug-likeness (QED) is 0.760. The molecule has 2 atom stereocenters. The standard InChI is InChI=1S/C12H15FO2S/c1-8(2)16(15)9(3)12(14)10-4-6-11(13)7-5-10/h4-9H,1-3H3. The Bertz CT molecular complexity index is 398. The lowest BCUT2D eigenvalue weighted by atomic mass is 10.1. The molecule has 88 valence electrons. The zero-order valence-electron chi connectivity index (χ0n) is 9.57. The van der Waals surface area contributed by atoms with Crippen LogP contribution in [-0.4, -0.2) is 20.5 Å². The lowest BCUT2D eigenvalue weighted by Gasteiger charge is -2.12. The van der Waals surface area contributed by atoms with Gasteiger partial charge < -0.3 is 0 Å². The molecule has 0 bridgehead atoms. The fourth-order valence-electron chi connectivity index (χ4n) is 1.36. The van der Waals surface area contributed by atoms with Crippen LogP contribution in [0.4, 0.5) is 4.39 Å². The molecule has 0 N–H and O–H groups in total. The van der Waals surface area contributed by atoms with Gasteiger partial charge in [-0.15, -0.1) is 0 Å². The van der Waals surface area contributed by atoms with Crippen LogP contribution < -0.4 is 0 Å². The minimum absolute atomic E-state index is 0.0561. The molecule has 0 saturated carbocycles. The van der Waals surface area contributed by atoms with Gasteiger partial charge in [0.05, 0.1) is 5.25 Å². The van der Waals surface area contributed by atoms with E-state index in [1.165, 1.54) is 24.3 Å². The second-order valence-electron chi connectivity index (χ2n) is 3.89. The van der Waals surface area contributed by atoms with Crippen LogP contribution in [0.25, 0.3) is 0 Å². The van der Waals surface area contributed by atoms with E-state index in [4.69, 9.17) is 0 Å². The maximum Gasteiger partial charge on any atom is 0.178 e. The second-order valence-corrected chi connectivity index (χ2v) is 6.20. The summed E-state index contributed by atoms with van der Waals surface area (Å²) in [6, 6.07) is 5.31. The Morgan fingerprint density at radius 3 is 2.12 bits per heavy atom. The van der Waals surface area contributed by atoms with Crippen molar-refractivity contribution in [3.63, 3.8) is 0 Å². The van der Waals surface area contributed by atoms with Crippen LogP contribution in [0.15, 0.2) is 24.3 Å². The highest BCUT2D eigenvalue weighted by Crippen LogP contribution is 2.12. The Morgan fingerprint density at radius 1 is 1.19 bits per heavy atom. The molecule has 2 nitrogen and oxygen atoms in total. The summed E-state index contributed by atoms with van der Waals surface area (Å²) >= 11 is 0. The zero-order valence-corrected chi connectivity index (χ0v) is 10.4. The van der Waals surface area contributed by atoms with Gasteiger partial charge in [0.15, 0.2) is 5.78 Å². The first-order valence-corrected chi connectivity index (χ1v) is 6.40. The predicted octanol–water partition coefficient (Wildman–Crippen LogP) is 2.55. The SMILES string of the molecule is CC(C)S(=O)C(C)C(=O)c1ccc(F)cc1. The van der Waals surface area contributed by atoms with Crippen LogP contribution >= 0.6 is 0 Å². The number of carbonyl (C=O) groups excluding carboxylic acids is 1. The molecule has 0 fully saturated rings. The molecule has 1 aromatic rings. The van der Waals surface area contributed by atoms with Crippen LogP contribution in [0.2, 0.25) is 0 Å². The summed E-state index contributed by atoms with van der Waals surface area (Å²) in [6.07, 6.45) is 0. The number of halogens is 1. The fourth-order valence-corrected chi connectivity index (χ4v) is 2.53. The highest BCUT2D eigenvalue weighted by atomic mass is 32.2. The first-order valence-electron chi connectivity index (χ1n) is 5.12. The minimum atomic E-state index is -1.20. The summed E-state index contributed by atoms with van der Waals surface area (Å²) in [5, 5.41) is -0.607. The Kier molecular flexibility index (Phi) is 4.35. The topological polar surface area (TPSA) is 34.1 Å². The maximum absolute atomic E-state index is 12.7. The average molecular weight is 242 g/mol. The Balaban J connectivity index is 2.86. The molecular weight excluding hydrogens is 227 g/mol. The van der Waals surface area contributed by atoms with Crippen molar-refractivity contribution in [2.75, 3.05) is 0 Å². The summed E-state index contributed by atoms with van der Waals surface area (Å²) in [6.45, 7) is 5.26. The minimum Gasteiger partial charge on any atom is -0.293 e. The van der Waals surface area contributed by atoms with Crippen LogP contribution in [0.1, 0.15) is 31.1 Å². The van der Waals surface area contributed by atoms with E-state index in [0.717, 1.165) is 0 Å². The molecule has 0 radical (unpaired) electrons. The van der Waals surface area contributed by atoms with Crippen molar-refractivity contribution in [2.45, 2.75) is 31.3 Å². The highest BCUT2D eigenvalue weighted by molar-refractivity contribution is 7.87. The molecule has 1 rings (SSSR count). The molecule has 0 aliphatic carbocycles. The van der Waals surface area contributed by atoms with E-state index in [-0.39, 0.29) is 16.9 Å². The number of rotatable bonds is 4. The molecule has 0 aliphatic heterocycles. The van der Waals surface area contributed by atoms with E-state index < -0.39 is 16.0 Å². The molecule has 1 aromatic carbocycles. The van der Waals surface area contributed by atoms with Gasteiger partial charge >= 0.3 is 0 Å². The Labute approximate surface area is 97.3 Å². The third-order valence-corrected chi connectivity index (χ3v) is 4.15. The molecule has 0 amide bonds. The van der Waals surface area contributed by atoms with E-state index in [9.17, 15) is 13.4 Å². The Morgan fingerprint density at radius 2 is 1.69 bits per heavy atom. The van der Waals surface area contributed by atoms with Crippen molar-refractivity contribution in [1.29, 1.82) is 0 Å². The van der Waals surface area contributed by atoms with Crippen LogP contribution in [0.5, 0.6) is 0 Å². The van der Waals surface area contributed by atoms with Crippen molar-refractivity contribution >= 4 is 16.6 Å². The van der Waals surface area contributed by atoms with Crippen LogP contribution in [0, 0.1) is 5.82 Å². The molecule has 4 heteroatoms. The van der Waals surface area contributed by atoms with Gasteiger partial charge in [-0.1, -0.05) is 13.8 Å². The van der Waals surface area contributed by atoms with Crippen LogP contribution in [-0.2, 0) is 10.8 Å². The molecule has 2 unspecified atom stereocenters. The third kappa shape index (κ3) is 2.98. The first-order chi connectivity index (χ1) is 7.43. The largest absolute Gasteiger partial charge is 0.293 e. The van der Waals surface area contributed by atoms with Gasteiger partial charge in [-0.05, 0) is 31.2 Å². The lowest BCUT2D eigenvalue weighted by Crippen LogP contribution is -2.27. The van der Waals surface area contributed by atoms with Crippen molar-refractivity contribution < 1.29 is 13.4 Å². The van der Waals surface area contributed by atoms with Gasteiger partial charge in [0.25, 0.3) is 0 Å². The summed E-state index contributed by atoms with van der Waals surface area (Å²) in [4.78, 5) is 11.9. The number of benzene rings is 1. The number of hydrogen-bond acceptors (Lipinski definition) is 2. The van der Waals surface area contributed by atoms with E-state index in [1.54, 1.807) is 6.92 Å². The van der Waals surface area contributed by atoms with Gasteiger partial charge in [0.2, 0.25) is 0 Å². The third-order valence-electron chi connectivity index (χ3n) is 2.31. The van der Waals surface area contributed by atoms with Gasteiger partial charge in [-0.2, -0.15) is 0 Å². The van der Waals surface area contributed by atoms with E-state index >= 15 is 0 Å². The lowest BCUT2D eigenvalue weighted by molar-refractivity contribution is 0.0992. The predicted molar refractivity (Wildman–Crippen MR) is 63.5 cm³/mol. The number of carbonyl (C=O) groups is 1. The van der Waals surface area contributed by atoms with Crippen LogP contribution in [0.3, 0.4) is 0 Å². The smallest absolute Gasteiger partial charge is 0.178 e. The van der Waals surface area contributed by atoms with Crippen molar-refractivity contribution in [3.05, 3.63) is 35.6 Å². The summed E-state index contributed by atoms with van der Waals surface area (Å²) < 4.78 is 24.4. The molecule has 0 aliphatic rings. The van der Waals surface area contributed by atoms with Gasteiger partial charge in [-0.25, -0.2) is 4.39 Å². The van der Waals surface area contributed by atoms with E-state index in [1.807, 2.05) is 13.8 Å². The molecule has 0 heterocycles.